The second-order valence-electron chi connectivity index (χ2n) is 4.76. The second kappa shape index (κ2) is 5.03. The zero-order valence-electron chi connectivity index (χ0n) is 11.4. The second-order valence-corrected chi connectivity index (χ2v) is 4.76. The minimum atomic E-state index is -0.723. The average Bonchev–Trinajstić information content (AvgIpc) is 2.52. The number of ether oxygens (including phenoxy) is 1. The van der Waals surface area contributed by atoms with E-state index in [4.69, 9.17) is 4.74 Å². The molecule has 5 heteroatoms. The monoisotopic (exact) mass is 283 g/mol. The van der Waals surface area contributed by atoms with Gasteiger partial charge in [0, 0.05) is 11.1 Å². The van der Waals surface area contributed by atoms with Crippen LogP contribution in [0.5, 0.6) is 5.75 Å². The van der Waals surface area contributed by atoms with E-state index >= 15 is 0 Å². The maximum atomic E-state index is 11.9. The number of hydrogen-bond acceptors (Lipinski definition) is 4. The van der Waals surface area contributed by atoms with Crippen LogP contribution in [-0.2, 0) is 11.2 Å². The first-order valence-corrected chi connectivity index (χ1v) is 6.44. The van der Waals surface area contributed by atoms with Crippen molar-refractivity contribution in [2.75, 3.05) is 7.11 Å². The third-order valence-corrected chi connectivity index (χ3v) is 3.51. The molecule has 1 heterocycles. The van der Waals surface area contributed by atoms with Gasteiger partial charge in [-0.2, -0.15) is 5.06 Å². The molecular weight excluding hydrogens is 270 g/mol. The number of rotatable bonds is 2. The average molecular weight is 283 g/mol. The van der Waals surface area contributed by atoms with Crippen LogP contribution in [0.2, 0.25) is 0 Å². The van der Waals surface area contributed by atoms with E-state index in [1.807, 2.05) is 30.3 Å². The van der Waals surface area contributed by atoms with Gasteiger partial charge in [0.25, 0.3) is 11.8 Å². The third kappa shape index (κ3) is 2.17. The maximum absolute atomic E-state index is 11.9. The van der Waals surface area contributed by atoms with Crippen molar-refractivity contribution >= 4 is 11.8 Å². The van der Waals surface area contributed by atoms with E-state index < -0.39 is 11.8 Å². The molecule has 106 valence electrons. The first kappa shape index (κ1) is 13.3. The summed E-state index contributed by atoms with van der Waals surface area (Å²) >= 11 is 0. The van der Waals surface area contributed by atoms with E-state index in [2.05, 4.69) is 0 Å². The summed E-state index contributed by atoms with van der Waals surface area (Å²) in [4.78, 5) is 23.5. The molecule has 2 aromatic carbocycles. The zero-order valence-corrected chi connectivity index (χ0v) is 11.4. The van der Waals surface area contributed by atoms with E-state index in [0.29, 0.717) is 11.3 Å². The number of methoxy groups -OCH3 is 1. The van der Waals surface area contributed by atoms with Crippen LogP contribution in [0.3, 0.4) is 0 Å². The predicted octanol–water partition coefficient (Wildman–Crippen LogP) is 2.28. The summed E-state index contributed by atoms with van der Waals surface area (Å²) < 4.78 is 5.34. The van der Waals surface area contributed by atoms with Crippen LogP contribution in [0.25, 0.3) is 11.1 Å². The Hall–Kier alpha value is -2.66. The molecular formula is C16H13NO4. The normalized spacial score (nSPS) is 14.1. The quantitative estimate of drug-likeness (QED) is 0.678. The van der Waals surface area contributed by atoms with Gasteiger partial charge in [-0.15, -0.1) is 0 Å². The van der Waals surface area contributed by atoms with Crippen LogP contribution in [0.4, 0.5) is 0 Å². The van der Waals surface area contributed by atoms with Crippen molar-refractivity contribution in [3.8, 4) is 16.9 Å². The number of hydrogen-bond donors (Lipinski definition) is 1. The summed E-state index contributed by atoms with van der Waals surface area (Å²) in [6, 6.07) is 12.9. The number of imide groups is 1. The Balaban J connectivity index is 2.19. The highest BCUT2D eigenvalue weighted by Gasteiger charge is 2.31. The SMILES string of the molecule is COc1cc2c(cc1-c1ccccc1)CC(=O)N(O)C2=O. The maximum Gasteiger partial charge on any atom is 0.285 e. The van der Waals surface area contributed by atoms with Gasteiger partial charge in [-0.1, -0.05) is 30.3 Å². The Morgan fingerprint density at radius 3 is 2.48 bits per heavy atom. The molecule has 21 heavy (non-hydrogen) atoms. The molecule has 3 rings (SSSR count). The largest absolute Gasteiger partial charge is 0.496 e. The highest BCUT2D eigenvalue weighted by Crippen LogP contribution is 2.34. The fourth-order valence-electron chi connectivity index (χ4n) is 2.45. The molecule has 2 aromatic rings. The fraction of sp³-hybridized carbons (Fsp3) is 0.125. The molecule has 0 aliphatic carbocycles. The van der Waals surface area contributed by atoms with Crippen molar-refractivity contribution in [1.82, 2.24) is 5.06 Å². The number of hydroxylamine groups is 2. The number of nitrogens with zero attached hydrogens (tertiary/aromatic N) is 1. The van der Waals surface area contributed by atoms with Gasteiger partial charge in [0.15, 0.2) is 0 Å². The van der Waals surface area contributed by atoms with Crippen LogP contribution >= 0.6 is 0 Å². The van der Waals surface area contributed by atoms with E-state index in [9.17, 15) is 14.8 Å². The minimum Gasteiger partial charge on any atom is -0.496 e. The summed E-state index contributed by atoms with van der Waals surface area (Å²) in [5, 5.41) is 9.59. The van der Waals surface area contributed by atoms with Crippen molar-refractivity contribution in [1.29, 1.82) is 0 Å². The summed E-state index contributed by atoms with van der Waals surface area (Å²) in [5.74, 6) is -0.827. The van der Waals surface area contributed by atoms with E-state index in [1.165, 1.54) is 7.11 Å². The van der Waals surface area contributed by atoms with Crippen LogP contribution in [0.1, 0.15) is 15.9 Å². The van der Waals surface area contributed by atoms with E-state index in [-0.39, 0.29) is 17.0 Å². The Kier molecular flexibility index (Phi) is 3.19. The number of benzene rings is 2. The van der Waals surface area contributed by atoms with Crippen LogP contribution in [0.15, 0.2) is 42.5 Å². The van der Waals surface area contributed by atoms with Crippen LogP contribution < -0.4 is 4.74 Å². The first-order valence-electron chi connectivity index (χ1n) is 6.44. The zero-order chi connectivity index (χ0) is 15.0. The van der Waals surface area contributed by atoms with Crippen LogP contribution in [-0.4, -0.2) is 29.2 Å². The molecule has 2 amide bonds. The number of fused-ring (bicyclic) bond motifs is 1. The third-order valence-electron chi connectivity index (χ3n) is 3.51. The van der Waals surface area contributed by atoms with Crippen molar-refractivity contribution in [2.24, 2.45) is 0 Å². The van der Waals surface area contributed by atoms with Gasteiger partial charge in [-0.25, -0.2) is 0 Å². The van der Waals surface area contributed by atoms with Gasteiger partial charge >= 0.3 is 0 Å². The number of carbonyl (C=O) groups excluding carboxylic acids is 2. The highest BCUT2D eigenvalue weighted by molar-refractivity contribution is 6.09. The Labute approximate surface area is 121 Å². The summed E-state index contributed by atoms with van der Waals surface area (Å²) in [7, 11) is 1.52. The van der Waals surface area contributed by atoms with Gasteiger partial charge in [-0.05, 0) is 23.3 Å². The number of carbonyl (C=O) groups is 2. The van der Waals surface area contributed by atoms with Gasteiger partial charge in [-0.3, -0.25) is 14.8 Å². The first-order chi connectivity index (χ1) is 10.1. The van der Waals surface area contributed by atoms with Gasteiger partial charge < -0.3 is 4.74 Å². The highest BCUT2D eigenvalue weighted by atomic mass is 16.5. The lowest BCUT2D eigenvalue weighted by molar-refractivity contribution is -0.153. The Morgan fingerprint density at radius 2 is 1.81 bits per heavy atom. The van der Waals surface area contributed by atoms with Crippen molar-refractivity contribution in [3.05, 3.63) is 53.6 Å². The smallest absolute Gasteiger partial charge is 0.285 e. The predicted molar refractivity (Wildman–Crippen MR) is 75.1 cm³/mol. The fourth-order valence-corrected chi connectivity index (χ4v) is 2.45. The summed E-state index contributed by atoms with van der Waals surface area (Å²) in [6.07, 6.45) is -0.0125. The van der Waals surface area contributed by atoms with Crippen molar-refractivity contribution < 1.29 is 19.5 Å². The molecule has 5 nitrogen and oxygen atoms in total. The Morgan fingerprint density at radius 1 is 1.10 bits per heavy atom. The molecule has 1 aliphatic rings. The molecule has 0 spiro atoms. The molecule has 1 aliphatic heterocycles. The lowest BCUT2D eigenvalue weighted by atomic mass is 9.93. The van der Waals surface area contributed by atoms with Gasteiger partial charge in [0.05, 0.1) is 13.5 Å². The molecule has 0 bridgehead atoms. The molecule has 0 fully saturated rings. The summed E-state index contributed by atoms with van der Waals surface area (Å²) in [5.41, 5.74) is 2.62. The van der Waals surface area contributed by atoms with E-state index in [0.717, 1.165) is 11.1 Å². The summed E-state index contributed by atoms with van der Waals surface area (Å²) in [6.45, 7) is 0. The lowest BCUT2D eigenvalue weighted by Gasteiger charge is -2.23. The molecule has 0 aromatic heterocycles. The molecule has 0 radical (unpaired) electrons. The van der Waals surface area contributed by atoms with Crippen molar-refractivity contribution in [3.63, 3.8) is 0 Å². The van der Waals surface area contributed by atoms with Gasteiger partial charge in [0.1, 0.15) is 5.75 Å². The van der Waals surface area contributed by atoms with Crippen molar-refractivity contribution in [2.45, 2.75) is 6.42 Å². The Bertz CT molecular complexity index is 725. The molecule has 0 saturated carbocycles. The molecule has 0 atom stereocenters. The standard InChI is InChI=1S/C16H13NO4/c1-21-14-9-13-11(8-15(18)17(20)16(13)19)7-12(14)10-5-3-2-4-6-10/h2-7,9,20H,8H2,1H3. The van der Waals surface area contributed by atoms with E-state index in [1.54, 1.807) is 12.1 Å². The minimum absolute atomic E-state index is 0.0125. The lowest BCUT2D eigenvalue weighted by Crippen LogP contribution is -2.39. The van der Waals surface area contributed by atoms with Gasteiger partial charge in [0.2, 0.25) is 0 Å². The molecule has 1 N–H and O–H groups in total. The molecule has 0 saturated heterocycles. The molecule has 0 unspecified atom stereocenters. The topological polar surface area (TPSA) is 66.8 Å². The number of amides is 2. The van der Waals surface area contributed by atoms with Crippen LogP contribution in [0, 0.1) is 0 Å².